The fraction of sp³-hybridized carbons (Fsp3) is 0.154. The van der Waals surface area contributed by atoms with Crippen LogP contribution in [0, 0.1) is 0 Å². The summed E-state index contributed by atoms with van der Waals surface area (Å²) in [6.45, 7) is 2.11. The molecule has 2 aromatic rings. The van der Waals surface area contributed by atoms with Gasteiger partial charge in [0.2, 0.25) is 0 Å². The zero-order chi connectivity index (χ0) is 10.4. The first kappa shape index (κ1) is 8.86. The van der Waals surface area contributed by atoms with Crippen molar-refractivity contribution in [3.63, 3.8) is 0 Å². The van der Waals surface area contributed by atoms with Crippen LogP contribution in [0.15, 0.2) is 29.6 Å². The number of aryl methyl sites for hydroxylation is 1. The maximum atomic E-state index is 12.0. The molecular formula is C13H10OS. The molecule has 0 amide bonds. The Hall–Kier alpha value is -1.41. The average Bonchev–Trinajstić information content (AvgIpc) is 2.83. The molecule has 1 aromatic heterocycles. The van der Waals surface area contributed by atoms with Gasteiger partial charge in [-0.15, -0.1) is 11.3 Å². The highest BCUT2D eigenvalue weighted by atomic mass is 32.1. The summed E-state index contributed by atoms with van der Waals surface area (Å²) in [6.07, 6.45) is 0.980. The molecule has 0 N–H and O–H groups in total. The molecule has 1 aliphatic carbocycles. The first-order chi connectivity index (χ1) is 7.31. The molecule has 1 heterocycles. The van der Waals surface area contributed by atoms with Crippen molar-refractivity contribution in [3.8, 4) is 10.4 Å². The lowest BCUT2D eigenvalue weighted by Gasteiger charge is -2.01. The maximum Gasteiger partial charge on any atom is 0.195 e. The van der Waals surface area contributed by atoms with Crippen molar-refractivity contribution < 1.29 is 4.79 Å². The monoisotopic (exact) mass is 214 g/mol. The fourth-order valence-electron chi connectivity index (χ4n) is 2.04. The van der Waals surface area contributed by atoms with Gasteiger partial charge in [-0.05, 0) is 29.5 Å². The first-order valence-corrected chi connectivity index (χ1v) is 5.94. The Labute approximate surface area is 92.4 Å². The van der Waals surface area contributed by atoms with E-state index in [2.05, 4.69) is 19.1 Å². The molecule has 0 atom stereocenters. The second-order valence-corrected chi connectivity index (χ2v) is 4.64. The first-order valence-electron chi connectivity index (χ1n) is 5.06. The number of hydrogen-bond donors (Lipinski definition) is 0. The van der Waals surface area contributed by atoms with Gasteiger partial charge in [-0.2, -0.15) is 0 Å². The van der Waals surface area contributed by atoms with Gasteiger partial charge in [-0.1, -0.05) is 19.1 Å². The summed E-state index contributed by atoms with van der Waals surface area (Å²) in [5, 5.41) is 1.99. The van der Waals surface area contributed by atoms with Gasteiger partial charge < -0.3 is 0 Å². The lowest BCUT2D eigenvalue weighted by molar-refractivity contribution is 0.104. The number of carbonyl (C=O) groups excluding carboxylic acids is 1. The molecule has 0 radical (unpaired) electrons. The number of fused-ring (bicyclic) bond motifs is 3. The van der Waals surface area contributed by atoms with E-state index in [9.17, 15) is 4.79 Å². The standard InChI is InChI=1S/C13H10OS/c1-2-8-3-4-9-11(7-8)12(14)10-5-6-15-13(9)10/h3-7H,2H2,1H3. The molecule has 0 spiro atoms. The molecule has 1 nitrogen and oxygen atoms in total. The van der Waals surface area contributed by atoms with E-state index in [1.54, 1.807) is 11.3 Å². The molecule has 1 aromatic carbocycles. The Balaban J connectivity index is 2.28. The van der Waals surface area contributed by atoms with Crippen molar-refractivity contribution in [1.29, 1.82) is 0 Å². The van der Waals surface area contributed by atoms with Crippen molar-refractivity contribution in [2.24, 2.45) is 0 Å². The molecule has 0 aliphatic heterocycles. The van der Waals surface area contributed by atoms with Crippen LogP contribution < -0.4 is 0 Å². The Kier molecular flexibility index (Phi) is 1.80. The van der Waals surface area contributed by atoms with E-state index in [-0.39, 0.29) is 5.78 Å². The van der Waals surface area contributed by atoms with Crippen LogP contribution in [-0.2, 0) is 6.42 Å². The Morgan fingerprint density at radius 1 is 1.13 bits per heavy atom. The van der Waals surface area contributed by atoms with Crippen LogP contribution in [0.2, 0.25) is 0 Å². The zero-order valence-corrected chi connectivity index (χ0v) is 9.23. The van der Waals surface area contributed by atoms with Crippen LogP contribution >= 0.6 is 11.3 Å². The summed E-state index contributed by atoms with van der Waals surface area (Å²) in [5.74, 6) is 0.191. The highest BCUT2D eigenvalue weighted by Crippen LogP contribution is 2.40. The van der Waals surface area contributed by atoms with E-state index in [0.717, 1.165) is 28.0 Å². The van der Waals surface area contributed by atoms with Crippen molar-refractivity contribution in [2.45, 2.75) is 13.3 Å². The minimum Gasteiger partial charge on any atom is -0.289 e. The summed E-state index contributed by atoms with van der Waals surface area (Å²) in [4.78, 5) is 13.2. The van der Waals surface area contributed by atoms with Gasteiger partial charge in [0.15, 0.2) is 5.78 Å². The third-order valence-electron chi connectivity index (χ3n) is 2.89. The minimum absolute atomic E-state index is 0.191. The van der Waals surface area contributed by atoms with Crippen molar-refractivity contribution in [3.05, 3.63) is 46.3 Å². The van der Waals surface area contributed by atoms with Gasteiger partial charge >= 0.3 is 0 Å². The molecule has 74 valence electrons. The summed E-state index contributed by atoms with van der Waals surface area (Å²) in [5.41, 5.74) is 4.11. The highest BCUT2D eigenvalue weighted by Gasteiger charge is 2.27. The normalized spacial score (nSPS) is 12.7. The molecule has 0 saturated carbocycles. The van der Waals surface area contributed by atoms with Gasteiger partial charge in [-0.3, -0.25) is 4.79 Å². The largest absolute Gasteiger partial charge is 0.289 e. The van der Waals surface area contributed by atoms with Crippen LogP contribution in [0.3, 0.4) is 0 Å². The van der Waals surface area contributed by atoms with E-state index < -0.39 is 0 Å². The molecular weight excluding hydrogens is 204 g/mol. The molecule has 0 fully saturated rings. The van der Waals surface area contributed by atoms with E-state index in [1.165, 1.54) is 5.56 Å². The summed E-state index contributed by atoms with van der Waals surface area (Å²) in [6, 6.07) is 8.15. The fourth-order valence-corrected chi connectivity index (χ4v) is 2.97. The lowest BCUT2D eigenvalue weighted by atomic mass is 10.0. The third kappa shape index (κ3) is 1.11. The SMILES string of the molecule is CCc1ccc2c(c1)C(=O)c1ccsc1-2. The summed E-state index contributed by atoms with van der Waals surface area (Å²) < 4.78 is 0. The van der Waals surface area contributed by atoms with Crippen molar-refractivity contribution in [1.82, 2.24) is 0 Å². The number of rotatable bonds is 1. The predicted octanol–water partition coefficient (Wildman–Crippen LogP) is 3.52. The van der Waals surface area contributed by atoms with E-state index in [0.29, 0.717) is 0 Å². The molecule has 1 aliphatic rings. The van der Waals surface area contributed by atoms with Crippen molar-refractivity contribution >= 4 is 17.1 Å². The average molecular weight is 214 g/mol. The highest BCUT2D eigenvalue weighted by molar-refractivity contribution is 7.14. The lowest BCUT2D eigenvalue weighted by Crippen LogP contribution is -1.95. The summed E-state index contributed by atoms with van der Waals surface area (Å²) in [7, 11) is 0. The van der Waals surface area contributed by atoms with Crippen molar-refractivity contribution in [2.75, 3.05) is 0 Å². The van der Waals surface area contributed by atoms with E-state index in [4.69, 9.17) is 0 Å². The van der Waals surface area contributed by atoms with Crippen LogP contribution in [-0.4, -0.2) is 5.78 Å². The zero-order valence-electron chi connectivity index (χ0n) is 8.41. The number of carbonyl (C=O) groups is 1. The molecule has 3 rings (SSSR count). The van der Waals surface area contributed by atoms with Crippen LogP contribution in [0.4, 0.5) is 0 Å². The second kappa shape index (κ2) is 3.04. The molecule has 0 bridgehead atoms. The Morgan fingerprint density at radius 2 is 2.00 bits per heavy atom. The minimum atomic E-state index is 0.191. The van der Waals surface area contributed by atoms with Gasteiger partial charge in [-0.25, -0.2) is 0 Å². The second-order valence-electron chi connectivity index (χ2n) is 3.73. The van der Waals surface area contributed by atoms with Gasteiger partial charge in [0.25, 0.3) is 0 Å². The topological polar surface area (TPSA) is 17.1 Å². The van der Waals surface area contributed by atoms with Crippen LogP contribution in [0.1, 0.15) is 28.4 Å². The van der Waals surface area contributed by atoms with Gasteiger partial charge in [0.05, 0.1) is 0 Å². The number of thiophene rings is 1. The Morgan fingerprint density at radius 3 is 2.80 bits per heavy atom. The maximum absolute atomic E-state index is 12.0. The molecule has 2 heteroatoms. The third-order valence-corrected chi connectivity index (χ3v) is 3.84. The number of hydrogen-bond acceptors (Lipinski definition) is 2. The van der Waals surface area contributed by atoms with Crippen LogP contribution in [0.5, 0.6) is 0 Å². The quantitative estimate of drug-likeness (QED) is 0.605. The molecule has 0 saturated heterocycles. The number of benzene rings is 1. The smallest absolute Gasteiger partial charge is 0.195 e. The predicted molar refractivity (Wildman–Crippen MR) is 62.6 cm³/mol. The van der Waals surface area contributed by atoms with Gasteiger partial charge in [0, 0.05) is 21.6 Å². The van der Waals surface area contributed by atoms with E-state index >= 15 is 0 Å². The van der Waals surface area contributed by atoms with E-state index in [1.807, 2.05) is 17.5 Å². The Bertz CT molecular complexity index is 551. The van der Waals surface area contributed by atoms with Crippen LogP contribution in [0.25, 0.3) is 10.4 Å². The molecule has 0 unspecified atom stereocenters. The summed E-state index contributed by atoms with van der Waals surface area (Å²) >= 11 is 1.65. The van der Waals surface area contributed by atoms with Gasteiger partial charge in [0.1, 0.15) is 0 Å². The molecule has 15 heavy (non-hydrogen) atoms. The number of ketones is 1.